The van der Waals surface area contributed by atoms with Gasteiger partial charge in [-0.25, -0.2) is 0 Å². The highest BCUT2D eigenvalue weighted by atomic mass is 32.1. The van der Waals surface area contributed by atoms with Gasteiger partial charge in [0.1, 0.15) is 23.1 Å². The normalized spacial score (nSPS) is 10.4. The predicted octanol–water partition coefficient (Wildman–Crippen LogP) is 3.08. The van der Waals surface area contributed by atoms with Gasteiger partial charge in [-0.15, -0.1) is 5.10 Å². The van der Waals surface area contributed by atoms with E-state index in [1.165, 1.54) is 17.1 Å². The van der Waals surface area contributed by atoms with E-state index in [4.69, 9.17) is 4.74 Å². The van der Waals surface area contributed by atoms with E-state index in [9.17, 15) is 0 Å². The van der Waals surface area contributed by atoms with Crippen molar-refractivity contribution in [3.63, 3.8) is 0 Å². The van der Waals surface area contributed by atoms with Crippen molar-refractivity contribution in [1.29, 1.82) is 0 Å². The van der Waals surface area contributed by atoms with Crippen molar-refractivity contribution in [2.45, 2.75) is 27.4 Å². The van der Waals surface area contributed by atoms with Crippen LogP contribution in [0.4, 0.5) is 5.00 Å². The zero-order valence-electron chi connectivity index (χ0n) is 11.1. The van der Waals surface area contributed by atoms with Crippen molar-refractivity contribution in [2.24, 2.45) is 0 Å². The Labute approximate surface area is 111 Å². The summed E-state index contributed by atoms with van der Waals surface area (Å²) in [7, 11) is 1.86. The third-order valence-corrected chi connectivity index (χ3v) is 3.53. The Balaban J connectivity index is 2.16. The molecule has 0 amide bonds. The lowest BCUT2D eigenvalue weighted by Crippen LogP contribution is -2.02. The van der Waals surface area contributed by atoms with Crippen LogP contribution in [0.3, 0.4) is 0 Å². The Hall–Kier alpha value is -1.62. The average Bonchev–Trinajstić information content (AvgIpc) is 2.75. The summed E-state index contributed by atoms with van der Waals surface area (Å²) >= 11 is 1.34. The first-order chi connectivity index (χ1) is 8.61. The van der Waals surface area contributed by atoms with Gasteiger partial charge in [0.05, 0.1) is 0 Å². The molecule has 0 saturated heterocycles. The SMILES string of the molecule is CNc1snnc1COc1c(C)cc(C)cc1C. The first-order valence-electron chi connectivity index (χ1n) is 5.81. The van der Waals surface area contributed by atoms with Gasteiger partial charge in [-0.1, -0.05) is 22.2 Å². The molecular weight excluding hydrogens is 246 g/mol. The van der Waals surface area contributed by atoms with Gasteiger partial charge < -0.3 is 10.1 Å². The number of hydrogen-bond donors (Lipinski definition) is 1. The topological polar surface area (TPSA) is 47.0 Å². The molecule has 0 aliphatic carbocycles. The number of nitrogens with zero attached hydrogens (tertiary/aromatic N) is 2. The fraction of sp³-hybridized carbons (Fsp3) is 0.385. The molecule has 18 heavy (non-hydrogen) atoms. The summed E-state index contributed by atoms with van der Waals surface area (Å²) in [6, 6.07) is 4.25. The monoisotopic (exact) mass is 263 g/mol. The Morgan fingerprint density at radius 2 is 1.89 bits per heavy atom. The van der Waals surface area contributed by atoms with Crippen LogP contribution >= 0.6 is 11.5 Å². The molecule has 0 aliphatic rings. The van der Waals surface area contributed by atoms with Crippen LogP contribution in [-0.4, -0.2) is 16.6 Å². The number of hydrogen-bond acceptors (Lipinski definition) is 5. The second-order valence-electron chi connectivity index (χ2n) is 4.32. The first-order valence-corrected chi connectivity index (χ1v) is 6.58. The minimum Gasteiger partial charge on any atom is -0.487 e. The van der Waals surface area contributed by atoms with E-state index in [1.807, 2.05) is 7.05 Å². The maximum absolute atomic E-state index is 5.87. The number of aromatic nitrogens is 2. The molecule has 0 atom stereocenters. The molecule has 1 heterocycles. The molecule has 0 unspecified atom stereocenters. The first kappa shape index (κ1) is 12.8. The number of rotatable bonds is 4. The van der Waals surface area contributed by atoms with Crippen LogP contribution in [0, 0.1) is 20.8 Å². The van der Waals surface area contributed by atoms with Crippen molar-refractivity contribution >= 4 is 16.5 Å². The van der Waals surface area contributed by atoms with Gasteiger partial charge in [0.25, 0.3) is 0 Å². The minimum absolute atomic E-state index is 0.442. The summed E-state index contributed by atoms with van der Waals surface area (Å²) in [5, 5.41) is 8.08. The Kier molecular flexibility index (Phi) is 3.81. The van der Waals surface area contributed by atoms with Crippen LogP contribution in [0.25, 0.3) is 0 Å². The lowest BCUT2D eigenvalue weighted by Gasteiger charge is -2.12. The van der Waals surface area contributed by atoms with E-state index >= 15 is 0 Å². The van der Waals surface area contributed by atoms with Gasteiger partial charge in [0.2, 0.25) is 0 Å². The van der Waals surface area contributed by atoms with Gasteiger partial charge in [-0.05, 0) is 31.9 Å². The molecule has 0 aliphatic heterocycles. The van der Waals surface area contributed by atoms with E-state index < -0.39 is 0 Å². The summed E-state index contributed by atoms with van der Waals surface area (Å²) in [6.45, 7) is 6.66. The molecule has 2 aromatic rings. The maximum Gasteiger partial charge on any atom is 0.136 e. The van der Waals surface area contributed by atoms with Crippen molar-refractivity contribution in [3.05, 3.63) is 34.5 Å². The number of ether oxygens (including phenoxy) is 1. The van der Waals surface area contributed by atoms with Crippen LogP contribution in [0.2, 0.25) is 0 Å². The van der Waals surface area contributed by atoms with Crippen molar-refractivity contribution in [3.8, 4) is 5.75 Å². The summed E-state index contributed by atoms with van der Waals surface area (Å²) in [5.41, 5.74) is 4.41. The summed E-state index contributed by atoms with van der Waals surface area (Å²) in [6.07, 6.45) is 0. The molecule has 0 radical (unpaired) electrons. The zero-order valence-corrected chi connectivity index (χ0v) is 11.9. The molecule has 1 N–H and O–H groups in total. The molecule has 0 saturated carbocycles. The largest absolute Gasteiger partial charge is 0.487 e. The zero-order chi connectivity index (χ0) is 13.1. The number of nitrogens with one attached hydrogen (secondary N) is 1. The van der Waals surface area contributed by atoms with E-state index in [2.05, 4.69) is 47.8 Å². The summed E-state index contributed by atoms with van der Waals surface area (Å²) < 4.78 is 9.79. The highest BCUT2D eigenvalue weighted by Gasteiger charge is 2.10. The standard InChI is InChI=1S/C13H17N3OS/c1-8-5-9(2)12(10(3)6-8)17-7-11-13(14-4)18-16-15-11/h5-6,14H,7H2,1-4H3. The Bertz CT molecular complexity index is 528. The molecule has 1 aromatic carbocycles. The highest BCUT2D eigenvalue weighted by Crippen LogP contribution is 2.26. The Morgan fingerprint density at radius 1 is 1.22 bits per heavy atom. The fourth-order valence-electron chi connectivity index (χ4n) is 2.03. The average molecular weight is 263 g/mol. The summed E-state index contributed by atoms with van der Waals surface area (Å²) in [4.78, 5) is 0. The third-order valence-electron chi connectivity index (χ3n) is 2.74. The van der Waals surface area contributed by atoms with E-state index in [-0.39, 0.29) is 0 Å². The quantitative estimate of drug-likeness (QED) is 0.921. The van der Waals surface area contributed by atoms with Crippen LogP contribution in [0.5, 0.6) is 5.75 Å². The number of anilines is 1. The molecule has 0 spiro atoms. The van der Waals surface area contributed by atoms with Crippen LogP contribution in [-0.2, 0) is 6.61 Å². The van der Waals surface area contributed by atoms with Gasteiger partial charge in [-0.2, -0.15) is 0 Å². The molecular formula is C13H17N3OS. The third kappa shape index (κ3) is 2.61. The molecule has 5 heteroatoms. The second-order valence-corrected chi connectivity index (χ2v) is 5.07. The fourth-order valence-corrected chi connectivity index (χ4v) is 2.55. The number of aryl methyl sites for hydroxylation is 3. The molecule has 0 bridgehead atoms. The van der Waals surface area contributed by atoms with Crippen LogP contribution < -0.4 is 10.1 Å². The van der Waals surface area contributed by atoms with Crippen LogP contribution in [0.1, 0.15) is 22.4 Å². The summed E-state index contributed by atoms with van der Waals surface area (Å²) in [5.74, 6) is 0.940. The van der Waals surface area contributed by atoms with Gasteiger partial charge in [0, 0.05) is 18.6 Å². The van der Waals surface area contributed by atoms with E-state index in [0.29, 0.717) is 6.61 Å². The lowest BCUT2D eigenvalue weighted by atomic mass is 10.1. The molecule has 4 nitrogen and oxygen atoms in total. The maximum atomic E-state index is 5.87. The smallest absolute Gasteiger partial charge is 0.136 e. The lowest BCUT2D eigenvalue weighted by molar-refractivity contribution is 0.297. The van der Waals surface area contributed by atoms with Crippen molar-refractivity contribution < 1.29 is 4.74 Å². The van der Waals surface area contributed by atoms with Crippen LogP contribution in [0.15, 0.2) is 12.1 Å². The number of benzene rings is 1. The van der Waals surface area contributed by atoms with E-state index in [0.717, 1.165) is 27.6 Å². The highest BCUT2D eigenvalue weighted by molar-refractivity contribution is 7.10. The second kappa shape index (κ2) is 5.35. The van der Waals surface area contributed by atoms with Gasteiger partial charge in [-0.3, -0.25) is 0 Å². The van der Waals surface area contributed by atoms with Gasteiger partial charge in [0.15, 0.2) is 0 Å². The van der Waals surface area contributed by atoms with Crippen molar-refractivity contribution in [2.75, 3.05) is 12.4 Å². The molecule has 0 fully saturated rings. The molecule has 96 valence electrons. The predicted molar refractivity (Wildman–Crippen MR) is 74.4 cm³/mol. The van der Waals surface area contributed by atoms with Crippen molar-refractivity contribution in [1.82, 2.24) is 9.59 Å². The van der Waals surface area contributed by atoms with Gasteiger partial charge >= 0.3 is 0 Å². The molecule has 2 rings (SSSR count). The minimum atomic E-state index is 0.442. The molecule has 1 aromatic heterocycles. The van der Waals surface area contributed by atoms with E-state index in [1.54, 1.807) is 0 Å². The Morgan fingerprint density at radius 3 is 2.50 bits per heavy atom.